The zero-order valence-corrected chi connectivity index (χ0v) is 14.8. The molecule has 0 spiro atoms. The van der Waals surface area contributed by atoms with Crippen molar-refractivity contribution in [1.82, 2.24) is 5.32 Å². The molecule has 0 bridgehead atoms. The number of ether oxygens (including phenoxy) is 1. The molecule has 0 aliphatic carbocycles. The SMILES string of the molecule is CCOc1cccc(C(=O)NCCCC(=O)Nc2ccc(Cl)cc2)c1. The second-order valence-electron chi connectivity index (χ2n) is 5.38. The molecule has 0 aromatic heterocycles. The van der Waals surface area contributed by atoms with Gasteiger partial charge in [0, 0.05) is 29.2 Å². The van der Waals surface area contributed by atoms with Gasteiger partial charge in [-0.05, 0) is 55.8 Å². The molecule has 2 aromatic rings. The van der Waals surface area contributed by atoms with Crippen LogP contribution in [-0.2, 0) is 4.79 Å². The van der Waals surface area contributed by atoms with E-state index in [1.807, 2.05) is 6.92 Å². The van der Waals surface area contributed by atoms with E-state index in [0.717, 1.165) is 0 Å². The molecular formula is C19H21ClN2O3. The highest BCUT2D eigenvalue weighted by Gasteiger charge is 2.07. The Hall–Kier alpha value is -2.53. The average Bonchev–Trinajstić information content (AvgIpc) is 2.61. The van der Waals surface area contributed by atoms with E-state index in [1.165, 1.54) is 0 Å². The quantitative estimate of drug-likeness (QED) is 0.702. The molecule has 0 unspecified atom stereocenters. The van der Waals surface area contributed by atoms with Gasteiger partial charge in [-0.15, -0.1) is 0 Å². The van der Waals surface area contributed by atoms with Crippen LogP contribution in [0, 0.1) is 0 Å². The number of benzene rings is 2. The molecule has 132 valence electrons. The molecule has 6 heteroatoms. The van der Waals surface area contributed by atoms with Gasteiger partial charge in [-0.2, -0.15) is 0 Å². The average molecular weight is 361 g/mol. The predicted octanol–water partition coefficient (Wildman–Crippen LogP) is 3.89. The summed E-state index contributed by atoms with van der Waals surface area (Å²) in [6.45, 7) is 2.86. The molecular weight excluding hydrogens is 340 g/mol. The number of halogens is 1. The van der Waals surface area contributed by atoms with Crippen molar-refractivity contribution in [1.29, 1.82) is 0 Å². The first kappa shape index (κ1) is 18.8. The van der Waals surface area contributed by atoms with Crippen molar-refractivity contribution in [3.63, 3.8) is 0 Å². The Morgan fingerprint density at radius 2 is 1.88 bits per heavy atom. The fourth-order valence-corrected chi connectivity index (χ4v) is 2.33. The molecule has 0 atom stereocenters. The Morgan fingerprint density at radius 1 is 1.12 bits per heavy atom. The van der Waals surface area contributed by atoms with Gasteiger partial charge in [-0.3, -0.25) is 9.59 Å². The molecule has 2 amide bonds. The number of amides is 2. The van der Waals surface area contributed by atoms with Crippen LogP contribution < -0.4 is 15.4 Å². The van der Waals surface area contributed by atoms with Crippen LogP contribution in [-0.4, -0.2) is 25.0 Å². The fourth-order valence-electron chi connectivity index (χ4n) is 2.20. The van der Waals surface area contributed by atoms with E-state index in [1.54, 1.807) is 48.5 Å². The van der Waals surface area contributed by atoms with Gasteiger partial charge in [-0.25, -0.2) is 0 Å². The summed E-state index contributed by atoms with van der Waals surface area (Å²) < 4.78 is 5.38. The summed E-state index contributed by atoms with van der Waals surface area (Å²) in [5.74, 6) is 0.382. The highest BCUT2D eigenvalue weighted by Crippen LogP contribution is 2.14. The first-order chi connectivity index (χ1) is 12.1. The molecule has 0 saturated heterocycles. The van der Waals surface area contributed by atoms with Gasteiger partial charge in [0.25, 0.3) is 5.91 Å². The maximum atomic E-state index is 12.1. The van der Waals surface area contributed by atoms with Crippen molar-refractivity contribution < 1.29 is 14.3 Å². The maximum Gasteiger partial charge on any atom is 0.251 e. The van der Waals surface area contributed by atoms with Gasteiger partial charge in [0.1, 0.15) is 5.75 Å². The summed E-state index contributed by atoms with van der Waals surface area (Å²) in [4.78, 5) is 23.9. The van der Waals surface area contributed by atoms with Crippen molar-refractivity contribution >= 4 is 29.1 Å². The number of carbonyl (C=O) groups is 2. The lowest BCUT2D eigenvalue weighted by molar-refractivity contribution is -0.116. The van der Waals surface area contributed by atoms with E-state index in [2.05, 4.69) is 10.6 Å². The predicted molar refractivity (Wildman–Crippen MR) is 99.3 cm³/mol. The number of hydrogen-bond donors (Lipinski definition) is 2. The van der Waals surface area contributed by atoms with Crippen LogP contribution in [0.2, 0.25) is 5.02 Å². The van der Waals surface area contributed by atoms with Crippen molar-refractivity contribution in [2.75, 3.05) is 18.5 Å². The van der Waals surface area contributed by atoms with Crippen LogP contribution in [0.4, 0.5) is 5.69 Å². The van der Waals surface area contributed by atoms with Crippen molar-refractivity contribution in [3.05, 3.63) is 59.1 Å². The highest BCUT2D eigenvalue weighted by atomic mass is 35.5. The maximum absolute atomic E-state index is 12.1. The molecule has 25 heavy (non-hydrogen) atoms. The molecule has 0 radical (unpaired) electrons. The lowest BCUT2D eigenvalue weighted by atomic mass is 10.2. The van der Waals surface area contributed by atoms with E-state index in [-0.39, 0.29) is 11.8 Å². The fraction of sp³-hybridized carbons (Fsp3) is 0.263. The molecule has 0 aliphatic heterocycles. The van der Waals surface area contributed by atoms with E-state index < -0.39 is 0 Å². The monoisotopic (exact) mass is 360 g/mol. The summed E-state index contributed by atoms with van der Waals surface area (Å²) in [7, 11) is 0. The van der Waals surface area contributed by atoms with Gasteiger partial charge in [-0.1, -0.05) is 17.7 Å². The lowest BCUT2D eigenvalue weighted by Crippen LogP contribution is -2.25. The Labute approximate surface area is 152 Å². The standard InChI is InChI=1S/C19H21ClN2O3/c1-2-25-17-6-3-5-14(13-17)19(24)21-12-4-7-18(23)22-16-10-8-15(20)9-11-16/h3,5-6,8-11,13H,2,4,7,12H2,1H3,(H,21,24)(H,22,23). The third-order valence-electron chi connectivity index (χ3n) is 3.40. The molecule has 0 aliphatic rings. The number of nitrogens with one attached hydrogen (secondary N) is 2. The number of anilines is 1. The second-order valence-corrected chi connectivity index (χ2v) is 5.81. The topological polar surface area (TPSA) is 67.4 Å². The van der Waals surface area contributed by atoms with Crippen molar-refractivity contribution in [2.24, 2.45) is 0 Å². The van der Waals surface area contributed by atoms with Gasteiger partial charge in [0.2, 0.25) is 5.91 Å². The van der Waals surface area contributed by atoms with E-state index in [9.17, 15) is 9.59 Å². The van der Waals surface area contributed by atoms with Gasteiger partial charge in [0.05, 0.1) is 6.61 Å². The summed E-state index contributed by atoms with van der Waals surface area (Å²) >= 11 is 5.80. The molecule has 2 aromatic carbocycles. The molecule has 2 rings (SSSR count). The van der Waals surface area contributed by atoms with E-state index >= 15 is 0 Å². The Morgan fingerprint density at radius 3 is 2.60 bits per heavy atom. The largest absolute Gasteiger partial charge is 0.494 e. The molecule has 2 N–H and O–H groups in total. The normalized spacial score (nSPS) is 10.2. The lowest BCUT2D eigenvalue weighted by Gasteiger charge is -2.08. The zero-order valence-electron chi connectivity index (χ0n) is 14.0. The van der Waals surface area contributed by atoms with Crippen molar-refractivity contribution in [2.45, 2.75) is 19.8 Å². The first-order valence-corrected chi connectivity index (χ1v) is 8.52. The summed E-state index contributed by atoms with van der Waals surface area (Å²) in [6.07, 6.45) is 0.873. The van der Waals surface area contributed by atoms with Crippen LogP contribution >= 0.6 is 11.6 Å². The Balaban J connectivity index is 1.71. The van der Waals surface area contributed by atoms with Gasteiger partial charge in [0.15, 0.2) is 0 Å². The highest BCUT2D eigenvalue weighted by molar-refractivity contribution is 6.30. The number of hydrogen-bond acceptors (Lipinski definition) is 3. The molecule has 0 heterocycles. The second kappa shape index (κ2) is 9.69. The Bertz CT molecular complexity index is 717. The van der Waals surface area contributed by atoms with Crippen LogP contribution in [0.25, 0.3) is 0 Å². The van der Waals surface area contributed by atoms with Crippen LogP contribution in [0.3, 0.4) is 0 Å². The minimum absolute atomic E-state index is 0.102. The van der Waals surface area contributed by atoms with E-state index in [4.69, 9.17) is 16.3 Å². The molecule has 0 saturated carbocycles. The Kier molecular flexibility index (Phi) is 7.29. The smallest absolute Gasteiger partial charge is 0.251 e. The van der Waals surface area contributed by atoms with E-state index in [0.29, 0.717) is 48.0 Å². The third-order valence-corrected chi connectivity index (χ3v) is 3.65. The summed E-state index contributed by atoms with van der Waals surface area (Å²) in [5.41, 5.74) is 1.24. The van der Waals surface area contributed by atoms with Gasteiger partial charge < -0.3 is 15.4 Å². The van der Waals surface area contributed by atoms with Crippen LogP contribution in [0.15, 0.2) is 48.5 Å². The van der Waals surface area contributed by atoms with Crippen LogP contribution in [0.5, 0.6) is 5.75 Å². The number of rotatable bonds is 8. The minimum Gasteiger partial charge on any atom is -0.494 e. The van der Waals surface area contributed by atoms with Crippen LogP contribution in [0.1, 0.15) is 30.1 Å². The number of carbonyl (C=O) groups excluding carboxylic acids is 2. The van der Waals surface area contributed by atoms with Crippen molar-refractivity contribution in [3.8, 4) is 5.75 Å². The van der Waals surface area contributed by atoms with Gasteiger partial charge >= 0.3 is 0 Å². The third kappa shape index (κ3) is 6.47. The summed E-state index contributed by atoms with van der Waals surface area (Å²) in [6, 6.07) is 13.9. The molecule has 5 nitrogen and oxygen atoms in total. The minimum atomic E-state index is -0.181. The summed E-state index contributed by atoms with van der Waals surface area (Å²) in [5, 5.41) is 6.21. The first-order valence-electron chi connectivity index (χ1n) is 8.15. The molecule has 0 fully saturated rings. The zero-order chi connectivity index (χ0) is 18.1.